The van der Waals surface area contributed by atoms with Crippen LogP contribution in [0, 0.1) is 0 Å². The highest BCUT2D eigenvalue weighted by atomic mass is 32.1. The fraction of sp³-hybridized carbons (Fsp3) is 0.160. The van der Waals surface area contributed by atoms with Gasteiger partial charge in [-0.1, -0.05) is 24.3 Å². The number of H-pyrrole nitrogens is 2. The Morgan fingerprint density at radius 3 is 2.76 bits per heavy atom. The molecule has 0 unspecified atom stereocenters. The van der Waals surface area contributed by atoms with Gasteiger partial charge in [-0.25, -0.2) is 19.9 Å². The van der Waals surface area contributed by atoms with Crippen molar-refractivity contribution < 1.29 is 9.59 Å². The van der Waals surface area contributed by atoms with Gasteiger partial charge in [-0.2, -0.15) is 9.47 Å². The number of hydrogen-bond donors (Lipinski definition) is 4. The predicted molar refractivity (Wildman–Crippen MR) is 136 cm³/mol. The number of benzene rings is 2. The molecule has 0 saturated heterocycles. The van der Waals surface area contributed by atoms with Gasteiger partial charge in [0.25, 0.3) is 11.8 Å². The average molecular weight is 513 g/mol. The van der Waals surface area contributed by atoms with Crippen LogP contribution in [0.2, 0.25) is 0 Å². The van der Waals surface area contributed by atoms with E-state index in [1.54, 1.807) is 6.20 Å². The third-order valence-corrected chi connectivity index (χ3v) is 7.07. The molecule has 1 atom stereocenters. The van der Waals surface area contributed by atoms with Crippen LogP contribution < -0.4 is 16.3 Å². The van der Waals surface area contributed by atoms with E-state index in [1.165, 1.54) is 23.9 Å². The lowest BCUT2D eigenvalue weighted by Gasteiger charge is -2.14. The molecule has 0 aliphatic heterocycles. The van der Waals surface area contributed by atoms with E-state index in [0.717, 1.165) is 45.2 Å². The number of aryl methyl sites for hydroxylation is 1. The molecule has 3 aromatic heterocycles. The SMILES string of the molecule is O=C(NCc1ccc2cnsc2c1)c1cc(C(=O)N[C@@H]2CCc3cc(-c4n[nH]c(=O)[nH]4)ccc32)ncn1. The second-order valence-electron chi connectivity index (χ2n) is 8.67. The lowest BCUT2D eigenvalue weighted by molar-refractivity contribution is 0.0931. The zero-order chi connectivity index (χ0) is 25.4. The summed E-state index contributed by atoms with van der Waals surface area (Å²) in [6.45, 7) is 0.325. The third-order valence-electron chi connectivity index (χ3n) is 6.31. The van der Waals surface area contributed by atoms with Gasteiger partial charge >= 0.3 is 5.69 Å². The fourth-order valence-electron chi connectivity index (χ4n) is 4.45. The van der Waals surface area contributed by atoms with Crippen molar-refractivity contribution in [3.8, 4) is 11.4 Å². The van der Waals surface area contributed by atoms with Gasteiger partial charge < -0.3 is 10.6 Å². The van der Waals surface area contributed by atoms with Crippen LogP contribution in [0.4, 0.5) is 0 Å². The molecule has 2 amide bonds. The molecular formula is C25H20N8O3S. The lowest BCUT2D eigenvalue weighted by atomic mass is 10.0. The van der Waals surface area contributed by atoms with Gasteiger partial charge in [-0.05, 0) is 53.2 Å². The Bertz CT molecular complexity index is 1710. The van der Waals surface area contributed by atoms with E-state index in [4.69, 9.17) is 0 Å². The van der Waals surface area contributed by atoms with E-state index >= 15 is 0 Å². The normalized spacial score (nSPS) is 14.4. The number of nitrogens with one attached hydrogen (secondary N) is 4. The van der Waals surface area contributed by atoms with Gasteiger partial charge in [-0.15, -0.1) is 0 Å². The Morgan fingerprint density at radius 2 is 1.92 bits per heavy atom. The molecule has 0 bridgehead atoms. The Labute approximate surface area is 213 Å². The Hall–Kier alpha value is -4.71. The number of aromatic amines is 2. The molecular weight excluding hydrogens is 492 g/mol. The van der Waals surface area contributed by atoms with Crippen molar-refractivity contribution in [2.24, 2.45) is 0 Å². The Morgan fingerprint density at radius 1 is 1.05 bits per heavy atom. The first-order chi connectivity index (χ1) is 18.0. The summed E-state index contributed by atoms with van der Waals surface area (Å²) in [5.41, 5.74) is 3.68. The maximum atomic E-state index is 13.0. The van der Waals surface area contributed by atoms with Crippen molar-refractivity contribution in [1.82, 2.24) is 40.2 Å². The predicted octanol–water partition coefficient (Wildman–Crippen LogP) is 2.51. The van der Waals surface area contributed by atoms with Gasteiger partial charge in [0.15, 0.2) is 5.82 Å². The van der Waals surface area contributed by atoms with Crippen molar-refractivity contribution in [2.45, 2.75) is 25.4 Å². The van der Waals surface area contributed by atoms with Crippen molar-refractivity contribution in [3.63, 3.8) is 0 Å². The molecule has 0 fully saturated rings. The van der Waals surface area contributed by atoms with Crippen molar-refractivity contribution in [1.29, 1.82) is 0 Å². The molecule has 3 heterocycles. The smallest absolute Gasteiger partial charge is 0.340 e. The summed E-state index contributed by atoms with van der Waals surface area (Å²) in [5, 5.41) is 13.2. The number of rotatable bonds is 6. The molecule has 2 aromatic carbocycles. The second-order valence-corrected chi connectivity index (χ2v) is 9.51. The highest BCUT2D eigenvalue weighted by Crippen LogP contribution is 2.33. The van der Waals surface area contributed by atoms with Crippen LogP contribution >= 0.6 is 11.5 Å². The maximum absolute atomic E-state index is 13.0. The molecule has 6 rings (SSSR count). The monoisotopic (exact) mass is 512 g/mol. The maximum Gasteiger partial charge on any atom is 0.340 e. The van der Waals surface area contributed by atoms with E-state index in [1.807, 2.05) is 36.4 Å². The Balaban J connectivity index is 1.12. The number of hydrogen-bond acceptors (Lipinski definition) is 8. The van der Waals surface area contributed by atoms with Gasteiger partial charge in [0.1, 0.15) is 17.7 Å². The molecule has 0 radical (unpaired) electrons. The quantitative estimate of drug-likeness (QED) is 0.272. The summed E-state index contributed by atoms with van der Waals surface area (Å²) in [7, 11) is 0. The van der Waals surface area contributed by atoms with Gasteiger partial charge in [0.2, 0.25) is 0 Å². The second kappa shape index (κ2) is 9.39. The number of nitrogens with zero attached hydrogens (tertiary/aromatic N) is 4. The van der Waals surface area contributed by atoms with E-state index in [2.05, 4.69) is 40.2 Å². The summed E-state index contributed by atoms with van der Waals surface area (Å²) in [4.78, 5) is 47.8. The molecule has 1 aliphatic rings. The van der Waals surface area contributed by atoms with Gasteiger partial charge in [0.05, 0.1) is 10.7 Å². The van der Waals surface area contributed by atoms with Crippen LogP contribution in [-0.2, 0) is 13.0 Å². The summed E-state index contributed by atoms with van der Waals surface area (Å²) in [5.74, 6) is -0.308. The standard InChI is InChI=1S/C25H20N8O3S/c34-23(26-10-13-1-2-16-11-29-37-21(16)7-13)19-9-20(28-12-27-19)24(35)30-18-6-4-14-8-15(3-5-17(14)18)22-31-25(36)33-32-22/h1-3,5,7-9,11-12,18H,4,6,10H2,(H,26,34)(H,30,35)(H2,31,32,33,36)/t18-/m1/s1. The molecule has 184 valence electrons. The zero-order valence-electron chi connectivity index (χ0n) is 19.3. The third kappa shape index (κ3) is 4.61. The number of carbonyl (C=O) groups excluding carboxylic acids is 2. The highest BCUT2D eigenvalue weighted by molar-refractivity contribution is 7.13. The Kier molecular flexibility index (Phi) is 5.77. The van der Waals surface area contributed by atoms with Crippen molar-refractivity contribution in [2.75, 3.05) is 0 Å². The first-order valence-corrected chi connectivity index (χ1v) is 12.3. The average Bonchev–Trinajstić information content (AvgIpc) is 3.67. The largest absolute Gasteiger partial charge is 0.347 e. The molecule has 37 heavy (non-hydrogen) atoms. The first-order valence-electron chi connectivity index (χ1n) is 11.6. The van der Waals surface area contributed by atoms with Crippen LogP contribution in [0.25, 0.3) is 21.5 Å². The number of fused-ring (bicyclic) bond motifs is 2. The van der Waals surface area contributed by atoms with E-state index < -0.39 is 5.91 Å². The summed E-state index contributed by atoms with van der Waals surface area (Å²) in [6.07, 6.45) is 4.52. The number of carbonyl (C=O) groups is 2. The summed E-state index contributed by atoms with van der Waals surface area (Å²) >= 11 is 1.40. The highest BCUT2D eigenvalue weighted by Gasteiger charge is 2.26. The first kappa shape index (κ1) is 22.7. The van der Waals surface area contributed by atoms with Gasteiger partial charge in [-0.3, -0.25) is 14.6 Å². The number of aromatic nitrogens is 6. The topological polar surface area (TPSA) is 158 Å². The fourth-order valence-corrected chi connectivity index (χ4v) is 5.16. The summed E-state index contributed by atoms with van der Waals surface area (Å²) < 4.78 is 5.21. The van der Waals surface area contributed by atoms with Crippen molar-refractivity contribution in [3.05, 3.63) is 93.6 Å². The minimum Gasteiger partial charge on any atom is -0.347 e. The molecule has 0 saturated carbocycles. The van der Waals surface area contributed by atoms with Crippen LogP contribution in [0.15, 0.2) is 59.8 Å². The molecule has 0 spiro atoms. The van der Waals surface area contributed by atoms with Crippen LogP contribution in [0.1, 0.15) is 50.1 Å². The number of amides is 2. The summed E-state index contributed by atoms with van der Waals surface area (Å²) in [6, 6.07) is 12.8. The molecule has 11 nitrogen and oxygen atoms in total. The molecule has 5 aromatic rings. The van der Waals surface area contributed by atoms with E-state index in [0.29, 0.717) is 12.4 Å². The molecule has 12 heteroatoms. The zero-order valence-corrected chi connectivity index (χ0v) is 20.1. The minimum absolute atomic E-state index is 0.114. The van der Waals surface area contributed by atoms with Gasteiger partial charge in [0, 0.05) is 29.8 Å². The van der Waals surface area contributed by atoms with E-state index in [-0.39, 0.29) is 29.0 Å². The molecule has 1 aliphatic carbocycles. The van der Waals surface area contributed by atoms with Crippen LogP contribution in [-0.4, -0.2) is 41.3 Å². The van der Waals surface area contributed by atoms with E-state index in [9.17, 15) is 14.4 Å². The van der Waals surface area contributed by atoms with Crippen LogP contribution in [0.5, 0.6) is 0 Å². The molecule has 4 N–H and O–H groups in total. The van der Waals surface area contributed by atoms with Crippen LogP contribution in [0.3, 0.4) is 0 Å². The van der Waals surface area contributed by atoms with Crippen molar-refractivity contribution >= 4 is 33.4 Å². The minimum atomic E-state index is -0.393. The lowest BCUT2D eigenvalue weighted by Crippen LogP contribution is -2.29.